The summed E-state index contributed by atoms with van der Waals surface area (Å²) in [5, 5.41) is 0. The Morgan fingerprint density at radius 3 is 2.78 bits per heavy atom. The summed E-state index contributed by atoms with van der Waals surface area (Å²) in [5.74, 6) is 5.86. The van der Waals surface area contributed by atoms with E-state index in [0.29, 0.717) is 0 Å². The molecule has 0 saturated heterocycles. The van der Waals surface area contributed by atoms with Gasteiger partial charge in [0.15, 0.2) is 0 Å². The van der Waals surface area contributed by atoms with E-state index in [1.165, 1.54) is 12.8 Å². The third kappa shape index (κ3) is 7.30. The lowest BCUT2D eigenvalue weighted by Crippen LogP contribution is -1.70. The molecule has 0 amide bonds. The third-order valence-electron chi connectivity index (χ3n) is 1.10. The van der Waals surface area contributed by atoms with E-state index in [4.69, 9.17) is 6.58 Å². The molecule has 0 atom stereocenters. The molecule has 9 heavy (non-hydrogen) atoms. The summed E-state index contributed by atoms with van der Waals surface area (Å²) in [6.45, 7) is 7.05. The standard InChI is InChI=1S/C9H13/c1-3-5-7-9-8-6-4-2/h1,3H,5,7-9H2,2H3. The van der Waals surface area contributed by atoms with Crippen molar-refractivity contribution in [2.75, 3.05) is 0 Å². The lowest BCUT2D eigenvalue weighted by atomic mass is 10.2. The Morgan fingerprint density at radius 2 is 2.22 bits per heavy atom. The van der Waals surface area contributed by atoms with Gasteiger partial charge >= 0.3 is 0 Å². The SMILES string of the molecule is [CH]=CCCCCC#CC. The van der Waals surface area contributed by atoms with Crippen LogP contribution in [0.15, 0.2) is 6.08 Å². The van der Waals surface area contributed by atoms with E-state index in [1.807, 2.05) is 6.92 Å². The van der Waals surface area contributed by atoms with Crippen molar-refractivity contribution < 1.29 is 0 Å². The van der Waals surface area contributed by atoms with Crippen LogP contribution in [0.3, 0.4) is 0 Å². The van der Waals surface area contributed by atoms with Crippen LogP contribution in [0.1, 0.15) is 32.6 Å². The summed E-state index contributed by atoms with van der Waals surface area (Å²) in [6.07, 6.45) is 6.09. The molecule has 0 N–H and O–H groups in total. The van der Waals surface area contributed by atoms with E-state index >= 15 is 0 Å². The van der Waals surface area contributed by atoms with Gasteiger partial charge in [0.25, 0.3) is 0 Å². The third-order valence-corrected chi connectivity index (χ3v) is 1.10. The molecule has 0 fully saturated rings. The molecule has 0 aliphatic carbocycles. The number of unbranched alkanes of at least 4 members (excludes halogenated alkanes) is 3. The first kappa shape index (κ1) is 8.30. The van der Waals surface area contributed by atoms with E-state index in [0.717, 1.165) is 12.8 Å². The summed E-state index contributed by atoms with van der Waals surface area (Å²) in [4.78, 5) is 0. The van der Waals surface area contributed by atoms with Gasteiger partial charge in [0, 0.05) is 6.42 Å². The molecule has 0 unspecified atom stereocenters. The van der Waals surface area contributed by atoms with Crippen LogP contribution in [0, 0.1) is 18.4 Å². The molecular formula is C9H13. The molecule has 1 radical (unpaired) electrons. The van der Waals surface area contributed by atoms with Crippen molar-refractivity contribution in [2.24, 2.45) is 0 Å². The molecule has 0 rings (SSSR count). The van der Waals surface area contributed by atoms with Gasteiger partial charge < -0.3 is 0 Å². The fourth-order valence-corrected chi connectivity index (χ4v) is 0.601. The minimum Gasteiger partial charge on any atom is -0.107 e. The second-order valence-electron chi connectivity index (χ2n) is 1.91. The van der Waals surface area contributed by atoms with Crippen molar-refractivity contribution in [1.29, 1.82) is 0 Å². The Balaban J connectivity index is 2.88. The Bertz CT molecular complexity index is 112. The molecule has 0 heterocycles. The normalized spacial score (nSPS) is 7.67. The zero-order valence-corrected chi connectivity index (χ0v) is 5.98. The number of allylic oxidation sites excluding steroid dienone is 1. The Labute approximate surface area is 58.0 Å². The summed E-state index contributed by atoms with van der Waals surface area (Å²) >= 11 is 0. The largest absolute Gasteiger partial charge is 0.107 e. The number of rotatable bonds is 4. The van der Waals surface area contributed by atoms with Gasteiger partial charge in [-0.3, -0.25) is 0 Å². The smallest absolute Gasteiger partial charge is 0.00886 e. The van der Waals surface area contributed by atoms with E-state index in [9.17, 15) is 0 Å². The van der Waals surface area contributed by atoms with Crippen LogP contribution in [-0.4, -0.2) is 0 Å². The molecule has 0 aromatic heterocycles. The number of hydrogen-bond acceptors (Lipinski definition) is 0. The fourth-order valence-electron chi connectivity index (χ4n) is 0.601. The number of hydrogen-bond donors (Lipinski definition) is 0. The van der Waals surface area contributed by atoms with Crippen molar-refractivity contribution in [2.45, 2.75) is 32.6 Å². The van der Waals surface area contributed by atoms with Gasteiger partial charge in [-0.1, -0.05) is 12.7 Å². The van der Waals surface area contributed by atoms with Gasteiger partial charge in [-0.15, -0.1) is 11.8 Å². The molecule has 0 aliphatic heterocycles. The van der Waals surface area contributed by atoms with Crippen molar-refractivity contribution in [3.8, 4) is 11.8 Å². The van der Waals surface area contributed by atoms with Gasteiger partial charge in [0.1, 0.15) is 0 Å². The van der Waals surface area contributed by atoms with Gasteiger partial charge in [-0.25, -0.2) is 0 Å². The van der Waals surface area contributed by atoms with Crippen molar-refractivity contribution >= 4 is 0 Å². The first-order chi connectivity index (χ1) is 4.41. The van der Waals surface area contributed by atoms with Gasteiger partial charge in [0.05, 0.1) is 0 Å². The molecule has 0 saturated carbocycles. The van der Waals surface area contributed by atoms with E-state index in [1.54, 1.807) is 6.08 Å². The van der Waals surface area contributed by atoms with Crippen LogP contribution < -0.4 is 0 Å². The second-order valence-corrected chi connectivity index (χ2v) is 1.91. The lowest BCUT2D eigenvalue weighted by Gasteiger charge is -1.88. The molecule has 0 heteroatoms. The maximum absolute atomic E-state index is 5.18. The van der Waals surface area contributed by atoms with Crippen molar-refractivity contribution in [1.82, 2.24) is 0 Å². The fraction of sp³-hybridized carbons (Fsp3) is 0.556. The maximum Gasteiger partial charge on any atom is 0.00886 e. The average molecular weight is 121 g/mol. The predicted molar refractivity (Wildman–Crippen MR) is 40.8 cm³/mol. The highest BCUT2D eigenvalue weighted by Crippen LogP contribution is 1.97. The van der Waals surface area contributed by atoms with E-state index < -0.39 is 0 Å². The molecule has 0 aromatic carbocycles. The topological polar surface area (TPSA) is 0 Å². The summed E-state index contributed by atoms with van der Waals surface area (Å²) < 4.78 is 0. The first-order valence-electron chi connectivity index (χ1n) is 3.35. The second kappa shape index (κ2) is 7.30. The Morgan fingerprint density at radius 1 is 1.44 bits per heavy atom. The van der Waals surface area contributed by atoms with Crippen LogP contribution in [-0.2, 0) is 0 Å². The molecule has 0 spiro atoms. The molecule has 0 aliphatic rings. The monoisotopic (exact) mass is 121 g/mol. The summed E-state index contributed by atoms with van der Waals surface area (Å²) in [5.41, 5.74) is 0. The molecule has 0 aromatic rings. The Hall–Kier alpha value is -0.700. The Kier molecular flexibility index (Phi) is 6.73. The molecule has 0 bridgehead atoms. The minimum absolute atomic E-state index is 1.02. The summed E-state index contributed by atoms with van der Waals surface area (Å²) in [6, 6.07) is 0. The van der Waals surface area contributed by atoms with Gasteiger partial charge in [-0.05, 0) is 26.2 Å². The van der Waals surface area contributed by atoms with Gasteiger partial charge in [-0.2, -0.15) is 0 Å². The predicted octanol–water partition coefficient (Wildman–Crippen LogP) is 2.56. The van der Waals surface area contributed by atoms with Gasteiger partial charge in [0.2, 0.25) is 0 Å². The molecule has 0 nitrogen and oxygen atoms in total. The van der Waals surface area contributed by atoms with Crippen LogP contribution in [0.4, 0.5) is 0 Å². The summed E-state index contributed by atoms with van der Waals surface area (Å²) in [7, 11) is 0. The van der Waals surface area contributed by atoms with Crippen LogP contribution in [0.25, 0.3) is 0 Å². The van der Waals surface area contributed by atoms with E-state index in [-0.39, 0.29) is 0 Å². The average Bonchev–Trinajstić information content (AvgIpc) is 1.89. The van der Waals surface area contributed by atoms with Crippen LogP contribution in [0.5, 0.6) is 0 Å². The van der Waals surface area contributed by atoms with Crippen molar-refractivity contribution in [3.63, 3.8) is 0 Å². The quantitative estimate of drug-likeness (QED) is 0.396. The zero-order valence-electron chi connectivity index (χ0n) is 5.98. The minimum atomic E-state index is 1.02. The lowest BCUT2D eigenvalue weighted by molar-refractivity contribution is 0.772. The maximum atomic E-state index is 5.18. The zero-order chi connectivity index (χ0) is 6.95. The highest BCUT2D eigenvalue weighted by molar-refractivity contribution is 4.94. The van der Waals surface area contributed by atoms with E-state index in [2.05, 4.69) is 11.8 Å². The van der Waals surface area contributed by atoms with Crippen molar-refractivity contribution in [3.05, 3.63) is 12.7 Å². The first-order valence-corrected chi connectivity index (χ1v) is 3.35. The molecular weight excluding hydrogens is 108 g/mol. The van der Waals surface area contributed by atoms with Crippen LogP contribution in [0.2, 0.25) is 0 Å². The highest BCUT2D eigenvalue weighted by atomic mass is 13.8. The molecule has 49 valence electrons. The van der Waals surface area contributed by atoms with Crippen LogP contribution >= 0.6 is 0 Å². The highest BCUT2D eigenvalue weighted by Gasteiger charge is 1.80.